The van der Waals surface area contributed by atoms with Gasteiger partial charge in [0, 0.05) is 0 Å². The van der Waals surface area contributed by atoms with Crippen LogP contribution in [0.5, 0.6) is 0 Å². The van der Waals surface area contributed by atoms with E-state index in [9.17, 15) is 9.59 Å². The molecule has 0 radical (unpaired) electrons. The lowest BCUT2D eigenvalue weighted by Crippen LogP contribution is -2.11. The highest BCUT2D eigenvalue weighted by atomic mass is 16.4. The summed E-state index contributed by atoms with van der Waals surface area (Å²) in [5.41, 5.74) is 2.23. The second-order valence-corrected chi connectivity index (χ2v) is 5.13. The van der Waals surface area contributed by atoms with Crippen molar-refractivity contribution in [1.29, 1.82) is 0 Å². The van der Waals surface area contributed by atoms with Crippen LogP contribution in [0.1, 0.15) is 37.0 Å². The largest absolute Gasteiger partial charge is 0.481 e. The molecule has 19 heavy (non-hydrogen) atoms. The highest BCUT2D eigenvalue weighted by Gasteiger charge is 2.14. The Hall–Kier alpha value is -1.84. The summed E-state index contributed by atoms with van der Waals surface area (Å²) in [7, 11) is 0. The van der Waals surface area contributed by atoms with E-state index in [1.165, 1.54) is 0 Å². The Bertz CT molecular complexity index is 463. The van der Waals surface area contributed by atoms with Crippen LogP contribution in [-0.4, -0.2) is 22.2 Å². The third kappa shape index (κ3) is 5.12. The molecule has 0 amide bonds. The Morgan fingerprint density at radius 3 is 2.16 bits per heavy atom. The molecule has 0 bridgehead atoms. The number of aliphatic carboxylic acids is 2. The summed E-state index contributed by atoms with van der Waals surface area (Å²) < 4.78 is 0. The lowest BCUT2D eigenvalue weighted by atomic mass is 9.92. The van der Waals surface area contributed by atoms with Gasteiger partial charge in [0.05, 0.1) is 12.8 Å². The molecule has 0 unspecified atom stereocenters. The molecule has 104 valence electrons. The summed E-state index contributed by atoms with van der Waals surface area (Å²) in [4.78, 5) is 21.8. The number of carboxylic acid groups (broad SMARTS) is 2. The Morgan fingerprint density at radius 2 is 1.63 bits per heavy atom. The molecular formula is C15H20O4. The van der Waals surface area contributed by atoms with E-state index in [1.807, 2.05) is 6.07 Å². The standard InChI is InChI=1S/C15H20O4/c1-10(2)6-7-11-4-3-5-12(8-14(16)17)13(11)9-15(18)19/h3-5,10H,6-9H2,1-2H3,(H,16,17)(H,18,19). The van der Waals surface area contributed by atoms with E-state index in [0.717, 1.165) is 18.4 Å². The third-order valence-corrected chi connectivity index (χ3v) is 3.03. The molecule has 0 aliphatic heterocycles. The lowest BCUT2D eigenvalue weighted by molar-refractivity contribution is -0.137. The predicted molar refractivity (Wildman–Crippen MR) is 72.3 cm³/mol. The molecule has 0 heterocycles. The summed E-state index contributed by atoms with van der Waals surface area (Å²) in [5.74, 6) is -1.34. The van der Waals surface area contributed by atoms with Gasteiger partial charge in [0.1, 0.15) is 0 Å². The fourth-order valence-electron chi connectivity index (χ4n) is 2.07. The summed E-state index contributed by atoms with van der Waals surface area (Å²) in [6.45, 7) is 4.22. The SMILES string of the molecule is CC(C)CCc1cccc(CC(=O)O)c1CC(=O)O. The molecule has 0 aliphatic carbocycles. The van der Waals surface area contributed by atoms with Crippen molar-refractivity contribution in [3.05, 3.63) is 34.9 Å². The van der Waals surface area contributed by atoms with Gasteiger partial charge >= 0.3 is 11.9 Å². The van der Waals surface area contributed by atoms with Crippen LogP contribution < -0.4 is 0 Å². The minimum Gasteiger partial charge on any atom is -0.481 e. The number of carbonyl (C=O) groups is 2. The Balaban J connectivity index is 3.06. The van der Waals surface area contributed by atoms with Crippen molar-refractivity contribution < 1.29 is 19.8 Å². The van der Waals surface area contributed by atoms with Gasteiger partial charge in [-0.2, -0.15) is 0 Å². The van der Waals surface area contributed by atoms with Crippen molar-refractivity contribution in [2.24, 2.45) is 5.92 Å². The van der Waals surface area contributed by atoms with E-state index in [0.29, 0.717) is 17.0 Å². The summed E-state index contributed by atoms with van der Waals surface area (Å²) >= 11 is 0. The second kappa shape index (κ2) is 6.92. The van der Waals surface area contributed by atoms with Gasteiger partial charge < -0.3 is 10.2 Å². The maximum atomic E-state index is 10.9. The topological polar surface area (TPSA) is 74.6 Å². The van der Waals surface area contributed by atoms with Gasteiger partial charge in [-0.05, 0) is 35.4 Å². The minimum absolute atomic E-state index is 0.114. The van der Waals surface area contributed by atoms with Gasteiger partial charge in [-0.25, -0.2) is 0 Å². The Morgan fingerprint density at radius 1 is 1.05 bits per heavy atom. The van der Waals surface area contributed by atoms with E-state index in [-0.39, 0.29) is 12.8 Å². The molecule has 1 aromatic carbocycles. The normalized spacial score (nSPS) is 10.7. The zero-order chi connectivity index (χ0) is 14.4. The molecule has 0 saturated heterocycles. The molecular weight excluding hydrogens is 244 g/mol. The van der Waals surface area contributed by atoms with Crippen LogP contribution in [0.25, 0.3) is 0 Å². The van der Waals surface area contributed by atoms with Crippen LogP contribution in [0.4, 0.5) is 0 Å². The highest BCUT2D eigenvalue weighted by molar-refractivity contribution is 5.75. The number of hydrogen-bond acceptors (Lipinski definition) is 2. The summed E-state index contributed by atoms with van der Waals surface area (Å²) in [6, 6.07) is 5.40. The van der Waals surface area contributed by atoms with Crippen molar-refractivity contribution in [2.45, 2.75) is 39.5 Å². The van der Waals surface area contributed by atoms with Crippen LogP contribution in [0.15, 0.2) is 18.2 Å². The minimum atomic E-state index is -0.937. The molecule has 4 nitrogen and oxygen atoms in total. The highest BCUT2D eigenvalue weighted by Crippen LogP contribution is 2.20. The van der Waals surface area contributed by atoms with Gasteiger partial charge in [0.25, 0.3) is 0 Å². The van der Waals surface area contributed by atoms with E-state index in [2.05, 4.69) is 13.8 Å². The fraction of sp³-hybridized carbons (Fsp3) is 0.467. The van der Waals surface area contributed by atoms with Crippen molar-refractivity contribution in [2.75, 3.05) is 0 Å². The van der Waals surface area contributed by atoms with E-state index in [4.69, 9.17) is 10.2 Å². The van der Waals surface area contributed by atoms with E-state index < -0.39 is 11.9 Å². The zero-order valence-electron chi connectivity index (χ0n) is 11.3. The number of hydrogen-bond donors (Lipinski definition) is 2. The van der Waals surface area contributed by atoms with Crippen molar-refractivity contribution in [3.63, 3.8) is 0 Å². The maximum absolute atomic E-state index is 10.9. The first-order chi connectivity index (χ1) is 8.90. The number of aryl methyl sites for hydroxylation is 1. The fourth-order valence-corrected chi connectivity index (χ4v) is 2.07. The van der Waals surface area contributed by atoms with Gasteiger partial charge in [-0.15, -0.1) is 0 Å². The van der Waals surface area contributed by atoms with Crippen molar-refractivity contribution in [3.8, 4) is 0 Å². The molecule has 0 saturated carbocycles. The average molecular weight is 264 g/mol. The quantitative estimate of drug-likeness (QED) is 0.793. The molecule has 1 aromatic rings. The van der Waals surface area contributed by atoms with Gasteiger partial charge in [-0.3, -0.25) is 9.59 Å². The molecule has 4 heteroatoms. The number of carboxylic acids is 2. The first kappa shape index (κ1) is 15.2. The maximum Gasteiger partial charge on any atom is 0.307 e. The molecule has 0 spiro atoms. The number of rotatable bonds is 7. The molecule has 0 aromatic heterocycles. The monoisotopic (exact) mass is 264 g/mol. The number of benzene rings is 1. The Kier molecular flexibility index (Phi) is 5.55. The van der Waals surface area contributed by atoms with Crippen LogP contribution in [0.2, 0.25) is 0 Å². The van der Waals surface area contributed by atoms with Gasteiger partial charge in [0.15, 0.2) is 0 Å². The van der Waals surface area contributed by atoms with Crippen LogP contribution in [0, 0.1) is 5.92 Å². The van der Waals surface area contributed by atoms with Gasteiger partial charge in [0.2, 0.25) is 0 Å². The van der Waals surface area contributed by atoms with Crippen LogP contribution in [-0.2, 0) is 28.9 Å². The second-order valence-electron chi connectivity index (χ2n) is 5.13. The molecule has 2 N–H and O–H groups in total. The average Bonchev–Trinajstić information content (AvgIpc) is 2.28. The van der Waals surface area contributed by atoms with Crippen molar-refractivity contribution >= 4 is 11.9 Å². The first-order valence-electron chi connectivity index (χ1n) is 6.43. The van der Waals surface area contributed by atoms with E-state index in [1.54, 1.807) is 12.1 Å². The van der Waals surface area contributed by atoms with E-state index >= 15 is 0 Å². The Labute approximate surface area is 113 Å². The van der Waals surface area contributed by atoms with Crippen LogP contribution >= 0.6 is 0 Å². The molecule has 0 aliphatic rings. The first-order valence-corrected chi connectivity index (χ1v) is 6.43. The molecule has 1 rings (SSSR count). The molecule has 0 atom stereocenters. The third-order valence-electron chi connectivity index (χ3n) is 3.03. The summed E-state index contributed by atoms with van der Waals surface area (Å²) in [6.07, 6.45) is 1.51. The van der Waals surface area contributed by atoms with Crippen molar-refractivity contribution in [1.82, 2.24) is 0 Å². The molecule has 0 fully saturated rings. The lowest BCUT2D eigenvalue weighted by Gasteiger charge is -2.13. The van der Waals surface area contributed by atoms with Crippen LogP contribution in [0.3, 0.4) is 0 Å². The summed E-state index contributed by atoms with van der Waals surface area (Å²) in [5, 5.41) is 17.9. The smallest absolute Gasteiger partial charge is 0.307 e. The zero-order valence-corrected chi connectivity index (χ0v) is 11.3. The predicted octanol–water partition coefficient (Wildman–Crippen LogP) is 2.53. The van der Waals surface area contributed by atoms with Gasteiger partial charge in [-0.1, -0.05) is 32.0 Å².